The topological polar surface area (TPSA) is 261 Å². The Hall–Kier alpha value is -3.63. The van der Waals surface area contributed by atoms with Gasteiger partial charge in [0.05, 0.1) is 49.3 Å². The van der Waals surface area contributed by atoms with E-state index in [0.717, 1.165) is 30.5 Å². The molecule has 0 aromatic heterocycles. The summed E-state index contributed by atoms with van der Waals surface area (Å²) in [6.45, 7) is 11.6. The molecule has 0 aromatic rings. The monoisotopic (exact) mass is 855 g/mol. The molecule has 14 heteroatoms. The van der Waals surface area contributed by atoms with Crippen LogP contribution in [0.3, 0.4) is 0 Å². The van der Waals surface area contributed by atoms with Crippen LogP contribution in [0.25, 0.3) is 0 Å². The van der Waals surface area contributed by atoms with Gasteiger partial charge in [-0.1, -0.05) is 68.9 Å². The Morgan fingerprint density at radius 1 is 1.00 bits per heavy atom. The summed E-state index contributed by atoms with van der Waals surface area (Å²) in [5, 5.41) is 97.4. The number of hydrogen-bond donors (Lipinski definition) is 11. The molecule has 2 aliphatic heterocycles. The number of ketones is 1. The molecule has 14 nitrogen and oxygen atoms in total. The van der Waals surface area contributed by atoms with Gasteiger partial charge in [-0.25, -0.2) is 0 Å². The van der Waals surface area contributed by atoms with E-state index in [0.29, 0.717) is 44.1 Å². The van der Waals surface area contributed by atoms with E-state index in [-0.39, 0.29) is 66.4 Å². The van der Waals surface area contributed by atoms with Crippen LogP contribution < -0.4 is 11.1 Å². The highest BCUT2D eigenvalue weighted by Crippen LogP contribution is 2.58. The lowest BCUT2D eigenvalue weighted by molar-refractivity contribution is -0.118. The first-order valence-corrected chi connectivity index (χ1v) is 22.2. The maximum Gasteiger partial charge on any atom is 0.258 e. The van der Waals surface area contributed by atoms with Gasteiger partial charge in [-0.2, -0.15) is 0 Å². The Bertz CT molecular complexity index is 1720. The zero-order valence-electron chi connectivity index (χ0n) is 37.0. The third kappa shape index (κ3) is 12.3. The Morgan fingerprint density at radius 3 is 2.34 bits per heavy atom. The van der Waals surface area contributed by atoms with E-state index in [1.807, 2.05) is 44.7 Å². The molecule has 0 radical (unpaired) electrons. The molecule has 0 bridgehead atoms. The molecule has 4 rings (SSSR count). The second kappa shape index (κ2) is 22.1. The Labute approximate surface area is 361 Å². The summed E-state index contributed by atoms with van der Waals surface area (Å²) in [6.07, 6.45) is 11.4. The van der Waals surface area contributed by atoms with Crippen molar-refractivity contribution >= 4 is 17.6 Å². The number of rotatable bonds is 19. The quantitative estimate of drug-likeness (QED) is 0.0223. The molecule has 3 fully saturated rings. The maximum absolute atomic E-state index is 12.8. The zero-order chi connectivity index (χ0) is 45.3. The van der Waals surface area contributed by atoms with Crippen LogP contribution in [0, 0.1) is 40.4 Å². The van der Waals surface area contributed by atoms with Gasteiger partial charge in [0.1, 0.15) is 11.3 Å². The largest absolute Gasteiger partial charge is 0.511 e. The fraction of sp³-hybridized carbons (Fsp3) is 0.681. The molecule has 342 valence electrons. The van der Waals surface area contributed by atoms with Crippen LogP contribution >= 0.6 is 0 Å². The summed E-state index contributed by atoms with van der Waals surface area (Å²) in [7, 11) is 0. The van der Waals surface area contributed by atoms with E-state index in [9.17, 15) is 50.4 Å². The fourth-order valence-corrected chi connectivity index (χ4v) is 10.0. The average molecular weight is 855 g/mol. The highest BCUT2D eigenvalue weighted by molar-refractivity contribution is 6.25. The number of Topliss-reactive ketones (excluding diaryl/α,β-unsaturated/α-hetero) is 1. The summed E-state index contributed by atoms with van der Waals surface area (Å²) in [4.78, 5) is 27.3. The number of guanidine groups is 1. The van der Waals surface area contributed by atoms with Crippen LogP contribution in [0.2, 0.25) is 0 Å². The lowest BCUT2D eigenvalue weighted by atomic mass is 9.51. The number of nitrogens with zero attached hydrogens (tertiary/aromatic N) is 1. The van der Waals surface area contributed by atoms with E-state index in [1.54, 1.807) is 44.2 Å². The number of aliphatic hydroxyl groups is 8. The number of carbonyl (C=O) groups is 2. The van der Waals surface area contributed by atoms with Crippen LogP contribution in [-0.2, 0) is 9.59 Å². The summed E-state index contributed by atoms with van der Waals surface area (Å²) in [5.74, 6) is -3.02. The number of amides is 1. The molecule has 4 aliphatic rings. The van der Waals surface area contributed by atoms with E-state index < -0.39 is 65.8 Å². The van der Waals surface area contributed by atoms with Crippen molar-refractivity contribution in [3.63, 3.8) is 0 Å². The summed E-state index contributed by atoms with van der Waals surface area (Å²) < 4.78 is 0. The number of likely N-dealkylation sites (tertiary alicyclic amines) is 1. The first-order valence-electron chi connectivity index (χ1n) is 22.2. The average Bonchev–Trinajstić information content (AvgIpc) is 3.83. The van der Waals surface area contributed by atoms with Crippen LogP contribution in [-0.4, -0.2) is 125 Å². The number of hydrogen-bond acceptors (Lipinski definition) is 11. The highest BCUT2D eigenvalue weighted by atomic mass is 16.3. The van der Waals surface area contributed by atoms with Crippen molar-refractivity contribution in [3.8, 4) is 0 Å². The van der Waals surface area contributed by atoms with E-state index >= 15 is 0 Å². The minimum atomic E-state index is -1.08. The lowest BCUT2D eigenvalue weighted by Gasteiger charge is -2.54. The fourth-order valence-electron chi connectivity index (χ4n) is 10.0. The second-order valence-corrected chi connectivity index (χ2v) is 18.5. The van der Waals surface area contributed by atoms with Crippen molar-refractivity contribution in [2.24, 2.45) is 40.7 Å². The maximum atomic E-state index is 12.8. The minimum Gasteiger partial charge on any atom is -0.511 e. The van der Waals surface area contributed by atoms with Crippen LogP contribution in [0.4, 0.5) is 0 Å². The Balaban J connectivity index is 1.28. The number of aliphatic hydroxyl groups excluding tert-OH is 8. The molecule has 0 spiro atoms. The number of allylic oxidation sites excluding steroid dienone is 2. The molecule has 1 amide bonds. The molecular formula is C47H74N4O10. The van der Waals surface area contributed by atoms with Gasteiger partial charge in [0, 0.05) is 29.8 Å². The predicted molar refractivity (Wildman–Crippen MR) is 235 cm³/mol. The van der Waals surface area contributed by atoms with Gasteiger partial charge in [0.15, 0.2) is 11.7 Å². The third-order valence-corrected chi connectivity index (χ3v) is 14.1. The van der Waals surface area contributed by atoms with E-state index in [4.69, 9.17) is 11.1 Å². The SMILES string of the molecule is CC1=C[C@H]2[C@H](O)[C@H](O)CC[C@H]2[C@@](C)(C(O)=C2C(=O)CNC2=O)[C@@H]1CCC(C)C(O)/C(C)=C/CC(O)/C=C/C(C)C(O)/C=C/CC(O)/C(C)=C/CC(O)CC1CCCN1C(=N)N. The molecule has 61 heavy (non-hydrogen) atoms. The molecule has 0 aromatic carbocycles. The van der Waals surface area contributed by atoms with Gasteiger partial charge < -0.3 is 56.8 Å². The van der Waals surface area contributed by atoms with Gasteiger partial charge in [-0.15, -0.1) is 0 Å². The highest BCUT2D eigenvalue weighted by Gasteiger charge is 2.56. The van der Waals surface area contributed by atoms with Crippen LogP contribution in [0.5, 0.6) is 0 Å². The molecular weight excluding hydrogens is 781 g/mol. The standard InChI is InChI=1S/C47H74N4O10/c1-26(37(54)10-7-11-38(55)27(2)13-18-33(53)24-31-9-8-22-51(31)46(48)49)12-16-32(52)17-14-28(3)42(58)29(4)15-19-35-30(5)23-34-36(20-21-39(56)43(34)59)47(35,6)44(60)41-40(57)25-50-45(41)61/h7,10,12-14,16,23,26,29,31-39,42-43,52-56,58-60H,8-9,11,15,17-22,24-25H2,1-6H3,(H3,48,49)(H,50,61)/b10-7+,16-12+,27-13+,28-14+,44-41?/t26?,29?,31?,32?,33?,34-,35-,36-,37?,38?,39-,42?,43+,47+/m1/s1. The van der Waals surface area contributed by atoms with Gasteiger partial charge in [-0.05, 0) is 114 Å². The van der Waals surface area contributed by atoms with Gasteiger partial charge in [0.25, 0.3) is 5.91 Å². The van der Waals surface area contributed by atoms with Crippen molar-refractivity contribution in [2.75, 3.05) is 13.1 Å². The summed E-state index contributed by atoms with van der Waals surface area (Å²) >= 11 is 0. The smallest absolute Gasteiger partial charge is 0.258 e. The zero-order valence-corrected chi connectivity index (χ0v) is 37.0. The van der Waals surface area contributed by atoms with E-state index in [2.05, 4.69) is 5.32 Å². The third-order valence-electron chi connectivity index (χ3n) is 14.1. The second-order valence-electron chi connectivity index (χ2n) is 18.5. The van der Waals surface area contributed by atoms with Gasteiger partial charge in [0.2, 0.25) is 0 Å². The van der Waals surface area contributed by atoms with Crippen molar-refractivity contribution in [2.45, 2.75) is 155 Å². The molecule has 1 saturated carbocycles. The van der Waals surface area contributed by atoms with Crippen LogP contribution in [0.1, 0.15) is 106 Å². The number of nitrogens with one attached hydrogen (secondary N) is 2. The van der Waals surface area contributed by atoms with Crippen molar-refractivity contribution in [1.82, 2.24) is 10.2 Å². The Kier molecular flexibility index (Phi) is 18.1. The first-order chi connectivity index (χ1) is 28.7. The number of fused-ring (bicyclic) bond motifs is 1. The molecule has 12 N–H and O–H groups in total. The predicted octanol–water partition coefficient (Wildman–Crippen LogP) is 3.61. The van der Waals surface area contributed by atoms with Crippen molar-refractivity contribution < 1.29 is 50.4 Å². The van der Waals surface area contributed by atoms with Gasteiger partial charge >= 0.3 is 0 Å². The minimum absolute atomic E-state index is 0.0283. The van der Waals surface area contributed by atoms with Crippen molar-refractivity contribution in [3.05, 3.63) is 70.6 Å². The Morgan fingerprint density at radius 2 is 1.69 bits per heavy atom. The number of nitrogens with two attached hydrogens (primary N) is 1. The van der Waals surface area contributed by atoms with Crippen molar-refractivity contribution in [1.29, 1.82) is 5.41 Å². The molecule has 2 saturated heterocycles. The summed E-state index contributed by atoms with van der Waals surface area (Å²) in [5.41, 5.74) is 6.61. The molecule has 14 atom stereocenters. The molecule has 2 aliphatic carbocycles. The van der Waals surface area contributed by atoms with Gasteiger partial charge in [-0.3, -0.25) is 15.0 Å². The first kappa shape index (κ1) is 50.0. The van der Waals surface area contributed by atoms with E-state index in [1.165, 1.54) is 0 Å². The molecule has 2 heterocycles. The lowest BCUT2D eigenvalue weighted by Crippen LogP contribution is -2.53. The molecule has 8 unspecified atom stereocenters. The normalized spacial score (nSPS) is 32.0. The summed E-state index contributed by atoms with van der Waals surface area (Å²) in [6, 6.07) is 0.0491. The number of carbonyl (C=O) groups excluding carboxylic acids is 2. The van der Waals surface area contributed by atoms with Crippen LogP contribution in [0.15, 0.2) is 70.6 Å².